The fourth-order valence-electron chi connectivity index (χ4n) is 2.71. The molecule has 1 aromatic heterocycles. The third-order valence-electron chi connectivity index (χ3n) is 4.29. The van der Waals surface area contributed by atoms with Crippen molar-refractivity contribution in [2.45, 2.75) is 33.8 Å². The Kier molecular flexibility index (Phi) is 6.21. The largest absolute Gasteiger partial charge is 0.456 e. The van der Waals surface area contributed by atoms with E-state index in [1.165, 1.54) is 11.3 Å². The SMILES string of the molecule is Cc1ccc(C)c(C(=O)OCc2csc(CC(=O)Nc3ccccc3C)n2)c1. The summed E-state index contributed by atoms with van der Waals surface area (Å²) in [5.74, 6) is -0.490. The van der Waals surface area contributed by atoms with Crippen LogP contribution in [-0.4, -0.2) is 16.9 Å². The zero-order valence-electron chi connectivity index (χ0n) is 16.1. The van der Waals surface area contributed by atoms with E-state index < -0.39 is 0 Å². The maximum atomic E-state index is 12.3. The molecule has 0 saturated carbocycles. The number of esters is 1. The Morgan fingerprint density at radius 3 is 2.64 bits per heavy atom. The average molecular weight is 394 g/mol. The van der Waals surface area contributed by atoms with Gasteiger partial charge in [-0.2, -0.15) is 0 Å². The first kappa shape index (κ1) is 19.8. The van der Waals surface area contributed by atoms with E-state index in [9.17, 15) is 9.59 Å². The fraction of sp³-hybridized carbons (Fsp3) is 0.227. The molecule has 3 aromatic rings. The third-order valence-corrected chi connectivity index (χ3v) is 5.19. The quantitative estimate of drug-likeness (QED) is 0.620. The highest BCUT2D eigenvalue weighted by Crippen LogP contribution is 2.17. The molecule has 0 bridgehead atoms. The van der Waals surface area contributed by atoms with E-state index in [1.807, 2.05) is 68.6 Å². The van der Waals surface area contributed by atoms with Crippen molar-refractivity contribution in [2.24, 2.45) is 0 Å². The lowest BCUT2D eigenvalue weighted by Gasteiger charge is -2.07. The Balaban J connectivity index is 1.55. The molecule has 5 nitrogen and oxygen atoms in total. The summed E-state index contributed by atoms with van der Waals surface area (Å²) in [5.41, 5.74) is 4.90. The van der Waals surface area contributed by atoms with Gasteiger partial charge < -0.3 is 10.1 Å². The highest BCUT2D eigenvalue weighted by atomic mass is 32.1. The number of anilines is 1. The number of aromatic nitrogens is 1. The van der Waals surface area contributed by atoms with Gasteiger partial charge in [-0.05, 0) is 44.0 Å². The van der Waals surface area contributed by atoms with Crippen molar-refractivity contribution in [1.82, 2.24) is 4.98 Å². The van der Waals surface area contributed by atoms with Crippen molar-refractivity contribution in [2.75, 3.05) is 5.32 Å². The van der Waals surface area contributed by atoms with Gasteiger partial charge in [0.2, 0.25) is 5.91 Å². The number of thiazole rings is 1. The number of aryl methyl sites for hydroxylation is 3. The highest BCUT2D eigenvalue weighted by molar-refractivity contribution is 7.09. The van der Waals surface area contributed by atoms with Crippen LogP contribution in [0.3, 0.4) is 0 Å². The molecule has 144 valence electrons. The van der Waals surface area contributed by atoms with Crippen LogP contribution in [0.1, 0.15) is 37.7 Å². The van der Waals surface area contributed by atoms with Crippen LogP contribution in [-0.2, 0) is 22.6 Å². The van der Waals surface area contributed by atoms with Gasteiger partial charge in [0.25, 0.3) is 0 Å². The van der Waals surface area contributed by atoms with Crippen molar-refractivity contribution in [3.05, 3.63) is 80.8 Å². The highest BCUT2D eigenvalue weighted by Gasteiger charge is 2.13. The molecule has 0 atom stereocenters. The minimum absolute atomic E-state index is 0.0854. The molecule has 0 fully saturated rings. The Labute approximate surface area is 168 Å². The van der Waals surface area contributed by atoms with E-state index in [0.29, 0.717) is 16.3 Å². The van der Waals surface area contributed by atoms with Crippen LogP contribution >= 0.6 is 11.3 Å². The van der Waals surface area contributed by atoms with Crippen LogP contribution < -0.4 is 5.32 Å². The van der Waals surface area contributed by atoms with Crippen LogP contribution in [0.4, 0.5) is 5.69 Å². The average Bonchev–Trinajstić information content (AvgIpc) is 3.11. The molecule has 6 heteroatoms. The Hall–Kier alpha value is -2.99. The molecule has 1 amide bonds. The summed E-state index contributed by atoms with van der Waals surface area (Å²) in [6, 6.07) is 13.3. The summed E-state index contributed by atoms with van der Waals surface area (Å²) in [4.78, 5) is 28.9. The van der Waals surface area contributed by atoms with Crippen molar-refractivity contribution in [1.29, 1.82) is 0 Å². The van der Waals surface area contributed by atoms with E-state index >= 15 is 0 Å². The number of benzene rings is 2. The maximum absolute atomic E-state index is 12.3. The number of carbonyl (C=O) groups excluding carboxylic acids is 2. The number of nitrogens with zero attached hydrogens (tertiary/aromatic N) is 1. The fourth-order valence-corrected chi connectivity index (χ4v) is 3.49. The number of rotatable bonds is 6. The molecule has 0 radical (unpaired) electrons. The molecule has 1 heterocycles. The number of amides is 1. The van der Waals surface area contributed by atoms with Gasteiger partial charge in [0.05, 0.1) is 17.7 Å². The Morgan fingerprint density at radius 1 is 1.07 bits per heavy atom. The normalized spacial score (nSPS) is 10.5. The van der Waals surface area contributed by atoms with E-state index in [2.05, 4.69) is 10.3 Å². The first-order chi connectivity index (χ1) is 13.4. The minimum atomic E-state index is -0.368. The molecule has 0 spiro atoms. The molecule has 0 saturated heterocycles. The maximum Gasteiger partial charge on any atom is 0.338 e. The summed E-state index contributed by atoms with van der Waals surface area (Å²) < 4.78 is 5.38. The van der Waals surface area contributed by atoms with Gasteiger partial charge in [0.1, 0.15) is 11.6 Å². The zero-order chi connectivity index (χ0) is 20.1. The standard InChI is InChI=1S/C22H22N2O3S/c1-14-8-9-15(2)18(10-14)22(26)27-12-17-13-28-21(23-17)11-20(25)24-19-7-5-4-6-16(19)3/h4-10,13H,11-12H2,1-3H3,(H,24,25). The molecule has 0 unspecified atom stereocenters. The molecule has 1 N–H and O–H groups in total. The zero-order valence-corrected chi connectivity index (χ0v) is 16.9. The predicted molar refractivity (Wildman–Crippen MR) is 111 cm³/mol. The first-order valence-electron chi connectivity index (χ1n) is 8.95. The molecule has 28 heavy (non-hydrogen) atoms. The monoisotopic (exact) mass is 394 g/mol. The molecular weight excluding hydrogens is 372 g/mol. The summed E-state index contributed by atoms with van der Waals surface area (Å²) in [6.07, 6.45) is 0.184. The van der Waals surface area contributed by atoms with Gasteiger partial charge in [-0.15, -0.1) is 11.3 Å². The number of carbonyl (C=O) groups is 2. The van der Waals surface area contributed by atoms with Crippen molar-refractivity contribution in [3.8, 4) is 0 Å². The lowest BCUT2D eigenvalue weighted by molar-refractivity contribution is -0.115. The molecule has 2 aromatic carbocycles. The van der Waals surface area contributed by atoms with Crippen LogP contribution in [0.25, 0.3) is 0 Å². The Bertz CT molecular complexity index is 1010. The third kappa shape index (κ3) is 5.04. The van der Waals surface area contributed by atoms with Crippen molar-refractivity contribution < 1.29 is 14.3 Å². The van der Waals surface area contributed by atoms with Gasteiger partial charge in [0, 0.05) is 11.1 Å². The van der Waals surface area contributed by atoms with Crippen LogP contribution in [0, 0.1) is 20.8 Å². The van der Waals surface area contributed by atoms with Crippen molar-refractivity contribution >= 4 is 28.9 Å². The van der Waals surface area contributed by atoms with Gasteiger partial charge >= 0.3 is 5.97 Å². The lowest BCUT2D eigenvalue weighted by Crippen LogP contribution is -2.15. The second-order valence-corrected chi connectivity index (χ2v) is 7.61. The number of nitrogens with one attached hydrogen (secondary N) is 1. The summed E-state index contributed by atoms with van der Waals surface area (Å²) in [5, 5.41) is 5.39. The van der Waals surface area contributed by atoms with Gasteiger partial charge in [0.15, 0.2) is 0 Å². The van der Waals surface area contributed by atoms with E-state index in [4.69, 9.17) is 4.74 Å². The van der Waals surface area contributed by atoms with Crippen LogP contribution in [0.15, 0.2) is 47.8 Å². The van der Waals surface area contributed by atoms with Crippen LogP contribution in [0.2, 0.25) is 0 Å². The molecule has 0 aliphatic carbocycles. The van der Waals surface area contributed by atoms with Crippen molar-refractivity contribution in [3.63, 3.8) is 0 Å². The number of ether oxygens (including phenoxy) is 1. The first-order valence-corrected chi connectivity index (χ1v) is 9.83. The number of hydrogen-bond donors (Lipinski definition) is 1. The van der Waals surface area contributed by atoms with E-state index in [1.54, 1.807) is 0 Å². The van der Waals surface area contributed by atoms with E-state index in [-0.39, 0.29) is 24.9 Å². The minimum Gasteiger partial charge on any atom is -0.456 e. The lowest BCUT2D eigenvalue weighted by atomic mass is 10.1. The van der Waals surface area contributed by atoms with Crippen LogP contribution in [0.5, 0.6) is 0 Å². The summed E-state index contributed by atoms with van der Waals surface area (Å²) in [7, 11) is 0. The van der Waals surface area contributed by atoms with Gasteiger partial charge in [-0.25, -0.2) is 9.78 Å². The number of para-hydroxylation sites is 1. The number of hydrogen-bond acceptors (Lipinski definition) is 5. The molecule has 3 rings (SSSR count). The summed E-state index contributed by atoms with van der Waals surface area (Å²) in [6.45, 7) is 5.85. The predicted octanol–water partition coefficient (Wildman–Crippen LogP) is 4.61. The molecule has 0 aliphatic rings. The van der Waals surface area contributed by atoms with E-state index in [0.717, 1.165) is 22.4 Å². The molecule has 0 aliphatic heterocycles. The smallest absolute Gasteiger partial charge is 0.338 e. The summed E-state index contributed by atoms with van der Waals surface area (Å²) >= 11 is 1.38. The topological polar surface area (TPSA) is 68.3 Å². The second-order valence-electron chi connectivity index (χ2n) is 6.67. The Morgan fingerprint density at radius 2 is 1.86 bits per heavy atom. The van der Waals surface area contributed by atoms with Gasteiger partial charge in [-0.1, -0.05) is 35.9 Å². The molecular formula is C22H22N2O3S. The van der Waals surface area contributed by atoms with Gasteiger partial charge in [-0.3, -0.25) is 4.79 Å². The second kappa shape index (κ2) is 8.80.